The number of benzene rings is 3. The van der Waals surface area contributed by atoms with E-state index in [9.17, 15) is 8.42 Å². The molecule has 1 N–H and O–H groups in total. The summed E-state index contributed by atoms with van der Waals surface area (Å²) in [7, 11) is 0.871. The van der Waals surface area contributed by atoms with Gasteiger partial charge in [-0.25, -0.2) is 13.4 Å². The fourth-order valence-corrected chi connectivity index (χ4v) is 4.74. The van der Waals surface area contributed by atoms with Gasteiger partial charge in [0.15, 0.2) is 11.5 Å². The zero-order chi connectivity index (χ0) is 21.3. The average molecular weight is 424 g/mol. The average Bonchev–Trinajstić information content (AvgIpc) is 3.22. The van der Waals surface area contributed by atoms with Crippen molar-refractivity contribution in [2.75, 3.05) is 21.3 Å². The van der Waals surface area contributed by atoms with Gasteiger partial charge in [-0.1, -0.05) is 24.3 Å². The molecule has 3 aromatic carbocycles. The van der Waals surface area contributed by atoms with Crippen LogP contribution in [0.5, 0.6) is 17.2 Å². The fourth-order valence-electron chi connectivity index (χ4n) is 3.30. The van der Waals surface area contributed by atoms with Gasteiger partial charge in [0, 0.05) is 5.56 Å². The van der Waals surface area contributed by atoms with Crippen molar-refractivity contribution in [3.05, 3.63) is 60.7 Å². The summed E-state index contributed by atoms with van der Waals surface area (Å²) in [6.07, 6.45) is 0. The molecule has 0 aliphatic rings. The van der Waals surface area contributed by atoms with Gasteiger partial charge in [-0.15, -0.1) is 0 Å². The van der Waals surface area contributed by atoms with E-state index in [0.29, 0.717) is 39.7 Å². The summed E-state index contributed by atoms with van der Waals surface area (Å²) in [5.74, 6) is 1.90. The van der Waals surface area contributed by atoms with E-state index < -0.39 is 9.84 Å². The van der Waals surface area contributed by atoms with Crippen LogP contribution >= 0.6 is 0 Å². The third-order valence-electron chi connectivity index (χ3n) is 4.76. The van der Waals surface area contributed by atoms with Gasteiger partial charge in [0.25, 0.3) is 0 Å². The maximum atomic E-state index is 13.2. The maximum Gasteiger partial charge on any atom is 0.208 e. The number of H-pyrrole nitrogens is 1. The molecule has 0 radical (unpaired) electrons. The van der Waals surface area contributed by atoms with Crippen LogP contribution in [0.25, 0.3) is 22.4 Å². The van der Waals surface area contributed by atoms with E-state index >= 15 is 0 Å². The molecule has 0 saturated carbocycles. The predicted molar refractivity (Wildman–Crippen MR) is 113 cm³/mol. The number of nitrogens with zero attached hydrogens (tertiary/aromatic N) is 1. The highest BCUT2D eigenvalue weighted by Crippen LogP contribution is 2.41. The van der Waals surface area contributed by atoms with Crippen molar-refractivity contribution in [2.24, 2.45) is 0 Å². The van der Waals surface area contributed by atoms with Gasteiger partial charge >= 0.3 is 0 Å². The Kier molecular flexibility index (Phi) is 5.09. The van der Waals surface area contributed by atoms with Crippen molar-refractivity contribution in [3.8, 4) is 28.6 Å². The molecule has 0 saturated heterocycles. The van der Waals surface area contributed by atoms with Crippen molar-refractivity contribution in [1.82, 2.24) is 9.97 Å². The molecule has 4 rings (SSSR count). The minimum atomic E-state index is -3.72. The Morgan fingerprint density at radius 2 is 1.50 bits per heavy atom. The summed E-state index contributed by atoms with van der Waals surface area (Å²) in [4.78, 5) is 8.14. The van der Waals surface area contributed by atoms with Gasteiger partial charge in [0.2, 0.25) is 15.6 Å². The van der Waals surface area contributed by atoms with Gasteiger partial charge in [0.1, 0.15) is 11.3 Å². The first-order valence-corrected chi connectivity index (χ1v) is 10.6. The molecule has 154 valence electrons. The number of sulfone groups is 1. The van der Waals surface area contributed by atoms with Crippen LogP contribution in [-0.4, -0.2) is 39.7 Å². The van der Waals surface area contributed by atoms with Crippen molar-refractivity contribution in [1.29, 1.82) is 0 Å². The lowest BCUT2D eigenvalue weighted by Gasteiger charge is -2.13. The van der Waals surface area contributed by atoms with Crippen LogP contribution in [0.3, 0.4) is 0 Å². The summed E-state index contributed by atoms with van der Waals surface area (Å²) in [6.45, 7) is 0. The summed E-state index contributed by atoms with van der Waals surface area (Å²) >= 11 is 0. The molecule has 0 spiro atoms. The summed E-state index contributed by atoms with van der Waals surface area (Å²) in [5.41, 5.74) is 1.64. The Labute approximate surface area is 174 Å². The molecule has 0 amide bonds. The van der Waals surface area contributed by atoms with E-state index in [1.807, 2.05) is 0 Å². The maximum absolute atomic E-state index is 13.2. The van der Waals surface area contributed by atoms with E-state index in [-0.39, 0.29) is 9.79 Å². The van der Waals surface area contributed by atoms with Crippen molar-refractivity contribution in [2.45, 2.75) is 9.79 Å². The van der Waals surface area contributed by atoms with Crippen LogP contribution in [0.15, 0.2) is 70.5 Å². The fraction of sp³-hybridized carbons (Fsp3) is 0.136. The predicted octanol–water partition coefficient (Wildman–Crippen LogP) is 4.09. The standard InChI is InChI=1S/C22H20N2O5S/c1-27-17-12-14(13-18(28-2)21(17)29-3)22-23-16-10-7-11-19(20(16)24-22)30(25,26)15-8-5-4-6-9-15/h4-13H,1-3H3,(H,23,24). The Balaban J connectivity index is 1.90. The third-order valence-corrected chi connectivity index (χ3v) is 6.56. The number of ether oxygens (including phenoxy) is 3. The molecule has 0 aliphatic carbocycles. The molecule has 1 aromatic heterocycles. The third kappa shape index (κ3) is 3.25. The van der Waals surface area contributed by atoms with Gasteiger partial charge in [-0.05, 0) is 36.4 Å². The zero-order valence-corrected chi connectivity index (χ0v) is 17.5. The number of hydrogen-bond donors (Lipinski definition) is 1. The molecule has 1 heterocycles. The SMILES string of the molecule is COc1cc(-c2nc3c(S(=O)(=O)c4ccccc4)cccc3[nH]2)cc(OC)c1OC. The van der Waals surface area contributed by atoms with Crippen molar-refractivity contribution in [3.63, 3.8) is 0 Å². The normalized spacial score (nSPS) is 11.4. The van der Waals surface area contributed by atoms with Crippen LogP contribution in [-0.2, 0) is 9.84 Å². The smallest absolute Gasteiger partial charge is 0.208 e. The number of aromatic amines is 1. The van der Waals surface area contributed by atoms with Crippen molar-refractivity contribution < 1.29 is 22.6 Å². The number of imidazole rings is 1. The number of aromatic nitrogens is 2. The molecule has 30 heavy (non-hydrogen) atoms. The van der Waals surface area contributed by atoms with E-state index in [1.165, 1.54) is 21.3 Å². The van der Waals surface area contributed by atoms with Gasteiger partial charge in [-0.3, -0.25) is 0 Å². The van der Waals surface area contributed by atoms with Crippen LogP contribution in [0.2, 0.25) is 0 Å². The summed E-state index contributed by atoms with van der Waals surface area (Å²) < 4.78 is 42.5. The van der Waals surface area contributed by atoms with Crippen LogP contribution in [0, 0.1) is 0 Å². The first kappa shape index (κ1) is 19.8. The Bertz CT molecular complexity index is 1290. The highest BCUT2D eigenvalue weighted by atomic mass is 32.2. The highest BCUT2D eigenvalue weighted by molar-refractivity contribution is 7.91. The second-order valence-corrected chi connectivity index (χ2v) is 8.39. The zero-order valence-electron chi connectivity index (χ0n) is 16.7. The lowest BCUT2D eigenvalue weighted by molar-refractivity contribution is 0.324. The van der Waals surface area contributed by atoms with E-state index in [4.69, 9.17) is 14.2 Å². The first-order chi connectivity index (χ1) is 14.5. The molecule has 0 unspecified atom stereocenters. The van der Waals surface area contributed by atoms with Crippen LogP contribution in [0.1, 0.15) is 0 Å². The molecule has 8 heteroatoms. The number of hydrogen-bond acceptors (Lipinski definition) is 6. The molecule has 7 nitrogen and oxygen atoms in total. The Morgan fingerprint density at radius 3 is 2.10 bits per heavy atom. The molecular weight excluding hydrogens is 404 g/mol. The number of rotatable bonds is 6. The summed E-state index contributed by atoms with van der Waals surface area (Å²) in [6, 6.07) is 16.8. The molecule has 0 bridgehead atoms. The topological polar surface area (TPSA) is 90.5 Å². The van der Waals surface area contributed by atoms with E-state index in [2.05, 4.69) is 9.97 Å². The van der Waals surface area contributed by atoms with Gasteiger partial charge in [0.05, 0.1) is 36.6 Å². The monoisotopic (exact) mass is 424 g/mol. The lowest BCUT2D eigenvalue weighted by Crippen LogP contribution is -2.02. The minimum absolute atomic E-state index is 0.140. The Morgan fingerprint density at radius 1 is 0.833 bits per heavy atom. The number of fused-ring (bicyclic) bond motifs is 1. The quantitative estimate of drug-likeness (QED) is 0.501. The number of para-hydroxylation sites is 1. The van der Waals surface area contributed by atoms with Crippen LogP contribution < -0.4 is 14.2 Å². The number of nitrogens with one attached hydrogen (secondary N) is 1. The highest BCUT2D eigenvalue weighted by Gasteiger charge is 2.23. The van der Waals surface area contributed by atoms with E-state index in [0.717, 1.165) is 0 Å². The van der Waals surface area contributed by atoms with Crippen molar-refractivity contribution >= 4 is 20.9 Å². The lowest BCUT2D eigenvalue weighted by atomic mass is 10.1. The first-order valence-electron chi connectivity index (χ1n) is 9.09. The second kappa shape index (κ2) is 7.72. The molecule has 4 aromatic rings. The minimum Gasteiger partial charge on any atom is -0.493 e. The molecule has 0 aliphatic heterocycles. The largest absolute Gasteiger partial charge is 0.493 e. The molecule has 0 fully saturated rings. The summed E-state index contributed by atoms with van der Waals surface area (Å²) in [5, 5.41) is 0. The van der Waals surface area contributed by atoms with Crippen LogP contribution in [0.4, 0.5) is 0 Å². The molecular formula is C22H20N2O5S. The number of methoxy groups -OCH3 is 3. The molecule has 0 atom stereocenters. The van der Waals surface area contributed by atoms with Gasteiger partial charge in [-0.2, -0.15) is 0 Å². The van der Waals surface area contributed by atoms with Gasteiger partial charge < -0.3 is 19.2 Å². The second-order valence-electron chi connectivity index (χ2n) is 6.47. The Hall–Kier alpha value is -3.52. The van der Waals surface area contributed by atoms with E-state index in [1.54, 1.807) is 60.7 Å².